The fourth-order valence-corrected chi connectivity index (χ4v) is 6.76. The van der Waals surface area contributed by atoms with Gasteiger partial charge in [-0.2, -0.15) is 0 Å². The molecule has 3 aromatic rings. The van der Waals surface area contributed by atoms with Crippen LogP contribution in [0.1, 0.15) is 50.3 Å². The number of para-hydroxylation sites is 1. The molecule has 0 aromatic heterocycles. The minimum absolute atomic E-state index is 0.103. The number of nitrogens with one attached hydrogen (secondary N) is 1. The molecule has 39 heavy (non-hydrogen) atoms. The zero-order valence-electron chi connectivity index (χ0n) is 22.6. The average Bonchev–Trinajstić information content (AvgIpc) is 2.96. The Kier molecular flexibility index (Phi) is 7.20. The average molecular weight is 551 g/mol. The molecule has 0 fully saturated rings. The smallest absolute Gasteiger partial charge is 0.264 e. The fraction of sp³-hybridized carbons (Fsp3) is 0.367. The number of amides is 1. The minimum atomic E-state index is -3.99. The number of methoxy groups -OCH3 is 1. The number of carbonyl (C=O) groups excluding carboxylic acids is 1. The van der Waals surface area contributed by atoms with Gasteiger partial charge in [-0.05, 0) is 67.8 Å². The van der Waals surface area contributed by atoms with Crippen LogP contribution in [0, 0.1) is 6.92 Å². The van der Waals surface area contributed by atoms with Crippen LogP contribution >= 0.6 is 0 Å². The van der Waals surface area contributed by atoms with E-state index in [1.165, 1.54) is 23.5 Å². The summed E-state index contributed by atoms with van der Waals surface area (Å²) in [5.74, 6) is 1.27. The SMILES string of the molecule is CCC1(CC)C[C@H](NC(=O)[C@@H]2CN(S(=O)(=O)c3ccc(OC)cc3)c3cc(C)ccc3O2)c2ccccc2O1. The van der Waals surface area contributed by atoms with Crippen molar-refractivity contribution in [3.05, 3.63) is 77.9 Å². The number of benzene rings is 3. The lowest BCUT2D eigenvalue weighted by Gasteiger charge is -2.42. The second kappa shape index (κ2) is 10.4. The van der Waals surface area contributed by atoms with Crippen molar-refractivity contribution in [2.24, 2.45) is 0 Å². The zero-order valence-corrected chi connectivity index (χ0v) is 23.5. The van der Waals surface area contributed by atoms with Crippen LogP contribution in [0.4, 0.5) is 5.69 Å². The molecule has 0 spiro atoms. The normalized spacial score (nSPS) is 19.6. The summed E-state index contributed by atoms with van der Waals surface area (Å²) in [6.45, 7) is 5.89. The van der Waals surface area contributed by atoms with Crippen LogP contribution in [-0.2, 0) is 14.8 Å². The second-order valence-electron chi connectivity index (χ2n) is 10.1. The number of sulfonamides is 1. The number of anilines is 1. The van der Waals surface area contributed by atoms with Crippen LogP contribution < -0.4 is 23.8 Å². The van der Waals surface area contributed by atoms with Crippen molar-refractivity contribution in [2.75, 3.05) is 18.0 Å². The molecule has 0 bridgehead atoms. The van der Waals surface area contributed by atoms with Gasteiger partial charge in [0, 0.05) is 12.0 Å². The molecule has 1 amide bonds. The highest BCUT2D eigenvalue weighted by Crippen LogP contribution is 2.43. The van der Waals surface area contributed by atoms with E-state index in [4.69, 9.17) is 14.2 Å². The van der Waals surface area contributed by atoms with E-state index in [1.807, 2.05) is 37.3 Å². The fourth-order valence-electron chi connectivity index (χ4n) is 5.30. The maximum absolute atomic E-state index is 13.8. The quantitative estimate of drug-likeness (QED) is 0.437. The Morgan fingerprint density at radius 3 is 2.46 bits per heavy atom. The molecule has 5 rings (SSSR count). The molecule has 2 aliphatic rings. The number of rotatable bonds is 7. The summed E-state index contributed by atoms with van der Waals surface area (Å²) in [6, 6.07) is 18.9. The number of fused-ring (bicyclic) bond motifs is 2. The third-order valence-corrected chi connectivity index (χ3v) is 9.52. The van der Waals surface area contributed by atoms with Crippen LogP contribution in [0.5, 0.6) is 17.2 Å². The van der Waals surface area contributed by atoms with E-state index in [1.54, 1.807) is 24.3 Å². The van der Waals surface area contributed by atoms with Crippen LogP contribution in [0.3, 0.4) is 0 Å². The lowest BCUT2D eigenvalue weighted by Crippen LogP contribution is -2.52. The van der Waals surface area contributed by atoms with Crippen molar-refractivity contribution >= 4 is 21.6 Å². The van der Waals surface area contributed by atoms with Crippen molar-refractivity contribution in [3.63, 3.8) is 0 Å². The van der Waals surface area contributed by atoms with Gasteiger partial charge in [-0.25, -0.2) is 8.42 Å². The maximum Gasteiger partial charge on any atom is 0.264 e. The Balaban J connectivity index is 1.46. The second-order valence-corrected chi connectivity index (χ2v) is 11.9. The highest BCUT2D eigenvalue weighted by Gasteiger charge is 2.42. The first kappa shape index (κ1) is 26.9. The summed E-state index contributed by atoms with van der Waals surface area (Å²) in [5, 5.41) is 3.16. The molecule has 0 saturated carbocycles. The number of hydrogen-bond donors (Lipinski definition) is 1. The van der Waals surface area contributed by atoms with Crippen LogP contribution in [0.15, 0.2) is 71.6 Å². The third kappa shape index (κ3) is 5.03. The van der Waals surface area contributed by atoms with E-state index in [0.717, 1.165) is 29.7 Å². The summed E-state index contributed by atoms with van der Waals surface area (Å²) < 4.78 is 46.6. The van der Waals surface area contributed by atoms with Crippen molar-refractivity contribution in [3.8, 4) is 17.2 Å². The van der Waals surface area contributed by atoms with Crippen molar-refractivity contribution in [2.45, 2.75) is 62.7 Å². The molecule has 0 saturated heterocycles. The van der Waals surface area contributed by atoms with Gasteiger partial charge in [0.2, 0.25) is 0 Å². The Morgan fingerprint density at radius 1 is 1.05 bits per heavy atom. The Morgan fingerprint density at radius 2 is 1.77 bits per heavy atom. The predicted octanol–water partition coefficient (Wildman–Crippen LogP) is 5.16. The van der Waals surface area contributed by atoms with Crippen LogP contribution in [-0.4, -0.2) is 39.7 Å². The Bertz CT molecular complexity index is 1470. The molecule has 0 unspecified atom stereocenters. The van der Waals surface area contributed by atoms with E-state index in [-0.39, 0.29) is 23.4 Å². The largest absolute Gasteiger partial charge is 0.497 e. The van der Waals surface area contributed by atoms with Gasteiger partial charge in [0.25, 0.3) is 15.9 Å². The summed E-state index contributed by atoms with van der Waals surface area (Å²) in [5.41, 5.74) is 1.79. The first-order valence-electron chi connectivity index (χ1n) is 13.2. The molecule has 206 valence electrons. The minimum Gasteiger partial charge on any atom is -0.497 e. The van der Waals surface area contributed by atoms with Gasteiger partial charge < -0.3 is 19.5 Å². The van der Waals surface area contributed by atoms with Gasteiger partial charge in [0.05, 0.1) is 30.3 Å². The number of hydrogen-bond acceptors (Lipinski definition) is 6. The molecule has 8 nitrogen and oxygen atoms in total. The lowest BCUT2D eigenvalue weighted by atomic mass is 9.83. The van der Waals surface area contributed by atoms with E-state index in [2.05, 4.69) is 19.2 Å². The van der Waals surface area contributed by atoms with Crippen molar-refractivity contribution < 1.29 is 27.4 Å². The van der Waals surface area contributed by atoms with E-state index >= 15 is 0 Å². The van der Waals surface area contributed by atoms with Gasteiger partial charge >= 0.3 is 0 Å². The molecule has 3 aromatic carbocycles. The van der Waals surface area contributed by atoms with E-state index in [0.29, 0.717) is 23.6 Å². The summed E-state index contributed by atoms with van der Waals surface area (Å²) in [4.78, 5) is 13.8. The molecule has 0 aliphatic carbocycles. The van der Waals surface area contributed by atoms with Gasteiger partial charge in [-0.1, -0.05) is 38.1 Å². The van der Waals surface area contributed by atoms with E-state index in [9.17, 15) is 13.2 Å². The van der Waals surface area contributed by atoms with Gasteiger partial charge in [-0.15, -0.1) is 0 Å². The maximum atomic E-state index is 13.8. The van der Waals surface area contributed by atoms with Gasteiger partial charge in [0.15, 0.2) is 6.10 Å². The summed E-state index contributed by atoms with van der Waals surface area (Å²) >= 11 is 0. The third-order valence-electron chi connectivity index (χ3n) is 7.73. The molecule has 0 radical (unpaired) electrons. The van der Waals surface area contributed by atoms with Crippen LogP contribution in [0.2, 0.25) is 0 Å². The molecular formula is C30H34N2O6S. The number of aryl methyl sites for hydroxylation is 1. The number of nitrogens with zero attached hydrogens (tertiary/aromatic N) is 1. The molecule has 2 heterocycles. The van der Waals surface area contributed by atoms with E-state index < -0.39 is 21.7 Å². The zero-order chi connectivity index (χ0) is 27.8. The standard InChI is InChI=1S/C30H34N2O6S/c1-5-30(6-2)18-24(23-9-7-8-10-26(23)38-30)31-29(33)28-19-32(25-17-20(3)11-16-27(25)37-28)39(34,35)22-14-12-21(36-4)13-15-22/h7-17,24,28H,5-6,18-19H2,1-4H3,(H,31,33)/t24-,28-/m0/s1. The molecular weight excluding hydrogens is 516 g/mol. The topological polar surface area (TPSA) is 94.2 Å². The summed E-state index contributed by atoms with van der Waals surface area (Å²) in [6.07, 6.45) is 1.16. The number of carbonyl (C=O) groups is 1. The highest BCUT2D eigenvalue weighted by atomic mass is 32.2. The van der Waals surface area contributed by atoms with Crippen molar-refractivity contribution in [1.29, 1.82) is 0 Å². The molecule has 2 atom stereocenters. The monoisotopic (exact) mass is 550 g/mol. The molecule has 9 heteroatoms. The number of ether oxygens (including phenoxy) is 3. The molecule has 2 aliphatic heterocycles. The molecule has 1 N–H and O–H groups in total. The Labute approximate surface area is 229 Å². The summed E-state index contributed by atoms with van der Waals surface area (Å²) in [7, 11) is -2.47. The Hall–Kier alpha value is -3.72. The van der Waals surface area contributed by atoms with Gasteiger partial charge in [-0.3, -0.25) is 9.10 Å². The van der Waals surface area contributed by atoms with Gasteiger partial charge in [0.1, 0.15) is 22.8 Å². The first-order chi connectivity index (χ1) is 18.7. The lowest BCUT2D eigenvalue weighted by molar-refractivity contribution is -0.129. The predicted molar refractivity (Wildman–Crippen MR) is 149 cm³/mol. The first-order valence-corrected chi connectivity index (χ1v) is 14.7. The van der Waals surface area contributed by atoms with Crippen molar-refractivity contribution in [1.82, 2.24) is 5.32 Å². The van der Waals surface area contributed by atoms with Crippen LogP contribution in [0.25, 0.3) is 0 Å². The highest BCUT2D eigenvalue weighted by molar-refractivity contribution is 7.92.